The quantitative estimate of drug-likeness (QED) is 0.570. The van der Waals surface area contributed by atoms with Crippen molar-refractivity contribution >= 4 is 0 Å². The first-order valence-electron chi connectivity index (χ1n) is 4.21. The summed E-state index contributed by atoms with van der Waals surface area (Å²) < 4.78 is 0. The molecule has 0 unspecified atom stereocenters. The highest BCUT2D eigenvalue weighted by Gasteiger charge is 3.00. The Morgan fingerprint density at radius 3 is 1.45 bits per heavy atom. The van der Waals surface area contributed by atoms with Crippen molar-refractivity contribution in [1.29, 1.82) is 0 Å². The Morgan fingerprint density at radius 2 is 1.27 bits per heavy atom. The smallest absolute Gasteiger partial charge is 0.307 e. The molecule has 2 radical (unpaired) electrons. The summed E-state index contributed by atoms with van der Waals surface area (Å²) in [6, 6.07) is 0. The summed E-state index contributed by atoms with van der Waals surface area (Å²) in [5, 5.41) is 3.63. The highest BCUT2D eigenvalue weighted by atomic mass is 15.0. The monoisotopic (exact) mass is 155 g/mol. The molecule has 0 aliphatic carbocycles. The fourth-order valence-electron chi connectivity index (χ4n) is 2.01. The molecular formula is C9H19N2+3. The number of hydrogen-bond donors (Lipinski definition) is 1. The molecule has 0 saturated carbocycles. The van der Waals surface area contributed by atoms with Gasteiger partial charge < -0.3 is 5.32 Å². The average molecular weight is 155 g/mol. The first-order chi connectivity index (χ1) is 4.41. The van der Waals surface area contributed by atoms with Gasteiger partial charge >= 0.3 is 6.15 Å². The Balaban J connectivity index is 0.000001000. The fraction of sp³-hybridized carbons (Fsp3) is 1.00. The molecular weight excluding hydrogens is 136 g/mol. The van der Waals surface area contributed by atoms with E-state index in [1.165, 1.54) is 19.3 Å². The molecule has 0 aromatic carbocycles. The molecule has 0 spiro atoms. The van der Waals surface area contributed by atoms with Crippen LogP contribution in [0.4, 0.5) is 0 Å². The third kappa shape index (κ3) is 3.04. The van der Waals surface area contributed by atoms with Gasteiger partial charge in [-0.2, -0.15) is 0 Å². The van der Waals surface area contributed by atoms with Gasteiger partial charge in [0.25, 0.3) is 0 Å². The van der Waals surface area contributed by atoms with E-state index in [1.54, 1.807) is 0 Å². The van der Waals surface area contributed by atoms with Crippen LogP contribution in [0.1, 0.15) is 47.0 Å². The molecule has 0 bridgehead atoms. The molecule has 0 amide bonds. The molecule has 11 heavy (non-hydrogen) atoms. The molecule has 1 N–H and O–H groups in total. The lowest BCUT2D eigenvalue weighted by Crippen LogP contribution is -2.55. The van der Waals surface area contributed by atoms with Gasteiger partial charge in [-0.05, 0) is 47.0 Å². The average Bonchev–Trinajstić information content (AvgIpc) is 1.56. The van der Waals surface area contributed by atoms with Crippen molar-refractivity contribution in [1.82, 2.24) is 11.5 Å². The highest BCUT2D eigenvalue weighted by Crippen LogP contribution is 2.27. The van der Waals surface area contributed by atoms with E-state index in [0.717, 1.165) is 0 Å². The molecule has 1 aliphatic rings. The second-order valence-electron chi connectivity index (χ2n) is 4.75. The van der Waals surface area contributed by atoms with Crippen molar-refractivity contribution in [3.8, 4) is 0 Å². The molecule has 0 aromatic heterocycles. The van der Waals surface area contributed by atoms with Crippen molar-refractivity contribution in [2.24, 2.45) is 0 Å². The van der Waals surface area contributed by atoms with Crippen molar-refractivity contribution in [3.63, 3.8) is 0 Å². The van der Waals surface area contributed by atoms with Gasteiger partial charge in [0.05, 0.1) is 0 Å². The maximum atomic E-state index is 3.63. The number of hydrogen-bond acceptors (Lipinski definition) is 1. The van der Waals surface area contributed by atoms with Crippen molar-refractivity contribution in [3.05, 3.63) is 0 Å². The lowest BCUT2D eigenvalue weighted by molar-refractivity contribution is 0.183. The van der Waals surface area contributed by atoms with Gasteiger partial charge in [0.1, 0.15) is 0 Å². The highest BCUT2D eigenvalue weighted by molar-refractivity contribution is 4.92. The van der Waals surface area contributed by atoms with Crippen molar-refractivity contribution < 1.29 is 0 Å². The predicted molar refractivity (Wildman–Crippen MR) is 47.3 cm³/mol. The summed E-state index contributed by atoms with van der Waals surface area (Å²) in [6.45, 7) is 9.14. The Kier molecular flexibility index (Phi) is 2.87. The third-order valence-electron chi connectivity index (χ3n) is 2.28. The van der Waals surface area contributed by atoms with Gasteiger partial charge in [-0.3, -0.25) is 0 Å². The van der Waals surface area contributed by atoms with Crippen LogP contribution in [0.2, 0.25) is 0 Å². The summed E-state index contributed by atoms with van der Waals surface area (Å²) in [6.07, 6.45) is 4.00. The van der Waals surface area contributed by atoms with Gasteiger partial charge in [0.2, 0.25) is 0 Å². The summed E-state index contributed by atoms with van der Waals surface area (Å²) >= 11 is 0. The Hall–Kier alpha value is -0.330. The minimum absolute atomic E-state index is 0. The summed E-state index contributed by atoms with van der Waals surface area (Å²) in [5.74, 6) is 0. The standard InChI is InChI=1S/C9H19N.N/c1-8(2)6-5-7-9(3,4)10-8;/h10H,5-7H2,1-4H3;/q;+3. The van der Waals surface area contributed by atoms with E-state index in [1.807, 2.05) is 0 Å². The Labute approximate surface area is 70.3 Å². The van der Waals surface area contributed by atoms with E-state index < -0.39 is 0 Å². The van der Waals surface area contributed by atoms with E-state index in [0.29, 0.717) is 11.1 Å². The van der Waals surface area contributed by atoms with Crippen LogP contribution in [0.3, 0.4) is 0 Å². The molecule has 1 fully saturated rings. The largest absolute Gasteiger partial charge is 3.00 e. The van der Waals surface area contributed by atoms with Crippen LogP contribution in [-0.4, -0.2) is 11.1 Å². The van der Waals surface area contributed by atoms with Crippen LogP contribution in [0, 0.1) is 0 Å². The summed E-state index contributed by atoms with van der Waals surface area (Å²) in [4.78, 5) is 0. The van der Waals surface area contributed by atoms with Crippen molar-refractivity contribution in [2.45, 2.75) is 58.0 Å². The molecule has 1 aliphatic heterocycles. The SMILES string of the molecule is CC1(C)CCCC(C)(C)N1.[N+3]. The Bertz CT molecular complexity index is 114. The van der Waals surface area contributed by atoms with E-state index >= 15 is 0 Å². The zero-order valence-corrected chi connectivity index (χ0v) is 8.07. The number of nitrogens with zero attached hydrogens (tertiary/aromatic N) is 1. The molecule has 1 heterocycles. The van der Waals surface area contributed by atoms with Crippen LogP contribution >= 0.6 is 0 Å². The van der Waals surface area contributed by atoms with Crippen LogP contribution in [0.15, 0.2) is 0 Å². The zero-order valence-electron chi connectivity index (χ0n) is 8.07. The maximum Gasteiger partial charge on any atom is 3.00 e. The lowest BCUT2D eigenvalue weighted by atomic mass is 9.83. The van der Waals surface area contributed by atoms with E-state index in [4.69, 9.17) is 0 Å². The number of rotatable bonds is 0. The molecule has 0 atom stereocenters. The lowest BCUT2D eigenvalue weighted by Gasteiger charge is -2.42. The molecule has 62 valence electrons. The van der Waals surface area contributed by atoms with Gasteiger partial charge in [-0.25, -0.2) is 0 Å². The van der Waals surface area contributed by atoms with Gasteiger partial charge in [-0.15, -0.1) is 0 Å². The Morgan fingerprint density at radius 1 is 0.909 bits per heavy atom. The van der Waals surface area contributed by atoms with E-state index in [-0.39, 0.29) is 6.15 Å². The summed E-state index contributed by atoms with van der Waals surface area (Å²) in [7, 11) is 0. The first-order valence-corrected chi connectivity index (χ1v) is 4.21. The predicted octanol–water partition coefficient (Wildman–Crippen LogP) is 1.84. The molecule has 2 heteroatoms. The van der Waals surface area contributed by atoms with Gasteiger partial charge in [0.15, 0.2) is 0 Å². The first kappa shape index (κ1) is 10.7. The third-order valence-corrected chi connectivity index (χ3v) is 2.28. The zero-order chi connectivity index (χ0) is 7.83. The molecule has 0 aromatic rings. The molecule has 1 saturated heterocycles. The van der Waals surface area contributed by atoms with E-state index in [2.05, 4.69) is 33.0 Å². The minimum atomic E-state index is 0. The van der Waals surface area contributed by atoms with Crippen LogP contribution < -0.4 is 11.5 Å². The number of nitrogens with one attached hydrogen (secondary N) is 1. The van der Waals surface area contributed by atoms with E-state index in [9.17, 15) is 0 Å². The summed E-state index contributed by atoms with van der Waals surface area (Å²) in [5.41, 5.74) is 0.726. The maximum absolute atomic E-state index is 3.63. The molecule has 2 nitrogen and oxygen atoms in total. The van der Waals surface area contributed by atoms with Gasteiger partial charge in [0, 0.05) is 11.1 Å². The topological polar surface area (TPSA) is 42.5 Å². The normalized spacial score (nSPS) is 27.3. The number of piperidine rings is 1. The van der Waals surface area contributed by atoms with Crippen molar-refractivity contribution in [2.75, 3.05) is 0 Å². The second kappa shape index (κ2) is 2.96. The minimum Gasteiger partial charge on any atom is -0.307 e. The van der Waals surface area contributed by atoms with Gasteiger partial charge in [-0.1, -0.05) is 0 Å². The molecule has 1 rings (SSSR count). The van der Waals surface area contributed by atoms with Crippen LogP contribution in [0.25, 0.3) is 0 Å². The second-order valence-corrected chi connectivity index (χ2v) is 4.75. The fourth-order valence-corrected chi connectivity index (χ4v) is 2.01. The van der Waals surface area contributed by atoms with Crippen LogP contribution in [-0.2, 0) is 0 Å². The van der Waals surface area contributed by atoms with Crippen LogP contribution in [0.5, 0.6) is 0 Å².